The lowest BCUT2D eigenvalue weighted by Crippen LogP contribution is -2.42. The number of esters is 1. The highest BCUT2D eigenvalue weighted by Crippen LogP contribution is 2.27. The van der Waals surface area contributed by atoms with Crippen molar-refractivity contribution in [2.75, 3.05) is 19.7 Å². The highest BCUT2D eigenvalue weighted by molar-refractivity contribution is 7.89. The Morgan fingerprint density at radius 1 is 1.06 bits per heavy atom. The second-order valence-electron chi connectivity index (χ2n) is 8.27. The maximum absolute atomic E-state index is 13.1. The Kier molecular flexibility index (Phi) is 7.52. The van der Waals surface area contributed by atoms with Gasteiger partial charge in [-0.25, -0.2) is 13.2 Å². The Bertz CT molecular complexity index is 1080. The van der Waals surface area contributed by atoms with Gasteiger partial charge in [0.15, 0.2) is 6.61 Å². The van der Waals surface area contributed by atoms with Crippen LogP contribution < -0.4 is 10.5 Å². The van der Waals surface area contributed by atoms with E-state index in [0.717, 1.165) is 6.42 Å². The molecule has 0 bridgehead atoms. The lowest BCUT2D eigenvalue weighted by atomic mass is 9.94. The lowest BCUT2D eigenvalue weighted by Gasteiger charge is -2.34. The van der Waals surface area contributed by atoms with Crippen LogP contribution in [0.5, 0.6) is 5.75 Å². The van der Waals surface area contributed by atoms with E-state index in [-0.39, 0.29) is 35.5 Å². The smallest absolute Gasteiger partial charge is 0.338 e. The van der Waals surface area contributed by atoms with Crippen molar-refractivity contribution in [1.29, 1.82) is 0 Å². The molecule has 1 fully saturated rings. The zero-order valence-corrected chi connectivity index (χ0v) is 19.0. The van der Waals surface area contributed by atoms with Crippen molar-refractivity contribution in [1.82, 2.24) is 4.31 Å². The minimum atomic E-state index is -3.70. The number of sulfonamides is 1. The number of carbonyl (C=O) groups excluding carboxylic acids is 2. The largest absolute Gasteiger partial charge is 0.484 e. The molecule has 0 aromatic heterocycles. The Labute approximate surface area is 188 Å². The normalized spacial score (nSPS) is 19.3. The number of nitrogens with two attached hydrogens (primary N) is 1. The summed E-state index contributed by atoms with van der Waals surface area (Å²) >= 11 is 0. The van der Waals surface area contributed by atoms with Crippen LogP contribution >= 0.6 is 0 Å². The maximum Gasteiger partial charge on any atom is 0.338 e. The van der Waals surface area contributed by atoms with Gasteiger partial charge in [-0.15, -0.1) is 0 Å². The fourth-order valence-electron chi connectivity index (χ4n) is 3.85. The molecule has 2 N–H and O–H groups in total. The molecule has 1 saturated heterocycles. The van der Waals surface area contributed by atoms with Gasteiger partial charge in [0, 0.05) is 13.1 Å². The molecule has 3 rings (SSSR count). The first-order valence-electron chi connectivity index (χ1n) is 10.4. The molecule has 1 aliphatic heterocycles. The van der Waals surface area contributed by atoms with Gasteiger partial charge in [0.05, 0.1) is 10.5 Å². The zero-order valence-electron chi connectivity index (χ0n) is 18.2. The van der Waals surface area contributed by atoms with Crippen molar-refractivity contribution in [3.05, 3.63) is 59.7 Å². The summed E-state index contributed by atoms with van der Waals surface area (Å²) in [7, 11) is -3.70. The molecule has 8 nitrogen and oxygen atoms in total. The molecule has 1 aliphatic rings. The molecule has 172 valence electrons. The van der Waals surface area contributed by atoms with E-state index >= 15 is 0 Å². The number of nitrogens with zero attached hydrogens (tertiary/aromatic N) is 1. The van der Waals surface area contributed by atoms with E-state index in [4.69, 9.17) is 15.2 Å². The van der Waals surface area contributed by atoms with E-state index < -0.39 is 21.9 Å². The van der Waals surface area contributed by atoms with Crippen molar-refractivity contribution < 1.29 is 27.5 Å². The van der Waals surface area contributed by atoms with Gasteiger partial charge in [0.1, 0.15) is 12.4 Å². The standard InChI is InChI=1S/C23H28N2O6S/c1-16-9-17(2)13-25(12-16)32(28,29)21-8-4-6-19(11-21)23(27)31-14-18-5-3-7-20(10-18)30-15-22(24)26/h3-8,10-11,16-17H,9,12-15H2,1-2H3,(H2,24,26). The fourth-order valence-corrected chi connectivity index (χ4v) is 5.57. The van der Waals surface area contributed by atoms with Crippen molar-refractivity contribution in [3.63, 3.8) is 0 Å². The molecule has 2 unspecified atom stereocenters. The number of amides is 1. The Hall–Kier alpha value is -2.91. The number of carbonyl (C=O) groups is 2. The lowest BCUT2D eigenvalue weighted by molar-refractivity contribution is -0.119. The van der Waals surface area contributed by atoms with E-state index in [2.05, 4.69) is 0 Å². The Morgan fingerprint density at radius 2 is 1.75 bits per heavy atom. The van der Waals surface area contributed by atoms with Gasteiger partial charge in [0.2, 0.25) is 10.0 Å². The number of benzene rings is 2. The zero-order chi connectivity index (χ0) is 23.3. The summed E-state index contributed by atoms with van der Waals surface area (Å²) in [6, 6.07) is 12.6. The molecule has 32 heavy (non-hydrogen) atoms. The molecule has 2 aromatic carbocycles. The van der Waals surface area contributed by atoms with E-state index in [0.29, 0.717) is 24.4 Å². The van der Waals surface area contributed by atoms with Crippen LogP contribution in [0.3, 0.4) is 0 Å². The fraction of sp³-hybridized carbons (Fsp3) is 0.391. The summed E-state index contributed by atoms with van der Waals surface area (Å²) in [6.07, 6.45) is 0.993. The van der Waals surface area contributed by atoms with E-state index in [1.54, 1.807) is 30.3 Å². The van der Waals surface area contributed by atoms with Gasteiger partial charge in [-0.1, -0.05) is 32.0 Å². The van der Waals surface area contributed by atoms with Crippen LogP contribution in [0, 0.1) is 11.8 Å². The number of hydrogen-bond acceptors (Lipinski definition) is 6. The highest BCUT2D eigenvalue weighted by atomic mass is 32.2. The van der Waals surface area contributed by atoms with Crippen LogP contribution in [-0.4, -0.2) is 44.3 Å². The highest BCUT2D eigenvalue weighted by Gasteiger charge is 2.32. The van der Waals surface area contributed by atoms with Gasteiger partial charge in [0.25, 0.3) is 5.91 Å². The Balaban J connectivity index is 1.68. The third kappa shape index (κ3) is 6.08. The first-order valence-corrected chi connectivity index (χ1v) is 11.9. The summed E-state index contributed by atoms with van der Waals surface area (Å²) < 4.78 is 38.3. The molecule has 2 atom stereocenters. The molecule has 2 aromatic rings. The molecular formula is C23H28N2O6S. The summed E-state index contributed by atoms with van der Waals surface area (Å²) in [4.78, 5) is 23.5. The number of primary amides is 1. The molecule has 0 aliphatic carbocycles. The number of piperidine rings is 1. The quantitative estimate of drug-likeness (QED) is 0.605. The van der Waals surface area contributed by atoms with Crippen LogP contribution in [0.15, 0.2) is 53.4 Å². The molecule has 0 radical (unpaired) electrons. The SMILES string of the molecule is CC1CC(C)CN(S(=O)(=O)c2cccc(C(=O)OCc3cccc(OCC(N)=O)c3)c2)C1. The van der Waals surface area contributed by atoms with Crippen molar-refractivity contribution >= 4 is 21.9 Å². The first kappa shape index (κ1) is 23.7. The molecule has 0 spiro atoms. The Morgan fingerprint density at radius 3 is 2.44 bits per heavy atom. The average molecular weight is 461 g/mol. The van der Waals surface area contributed by atoms with Crippen molar-refractivity contribution in [2.24, 2.45) is 17.6 Å². The number of rotatable bonds is 8. The van der Waals surface area contributed by atoms with Gasteiger partial charge in [-0.3, -0.25) is 4.79 Å². The molecule has 0 saturated carbocycles. The average Bonchev–Trinajstić information content (AvgIpc) is 2.75. The second kappa shape index (κ2) is 10.1. The van der Waals surface area contributed by atoms with Gasteiger partial charge in [-0.05, 0) is 54.2 Å². The van der Waals surface area contributed by atoms with E-state index in [9.17, 15) is 18.0 Å². The summed E-state index contributed by atoms with van der Waals surface area (Å²) in [5.41, 5.74) is 5.88. The van der Waals surface area contributed by atoms with Crippen LogP contribution in [0.4, 0.5) is 0 Å². The monoisotopic (exact) mass is 460 g/mol. The minimum Gasteiger partial charge on any atom is -0.484 e. The first-order chi connectivity index (χ1) is 15.1. The minimum absolute atomic E-state index is 0.0370. The van der Waals surface area contributed by atoms with Gasteiger partial charge >= 0.3 is 5.97 Å². The van der Waals surface area contributed by atoms with Crippen LogP contribution in [-0.2, 0) is 26.2 Å². The third-order valence-corrected chi connectivity index (χ3v) is 7.02. The van der Waals surface area contributed by atoms with E-state index in [1.807, 2.05) is 13.8 Å². The van der Waals surface area contributed by atoms with Crippen molar-refractivity contribution in [2.45, 2.75) is 31.8 Å². The topological polar surface area (TPSA) is 116 Å². The van der Waals surface area contributed by atoms with Gasteiger partial charge in [-0.2, -0.15) is 4.31 Å². The number of ether oxygens (including phenoxy) is 2. The molecule has 9 heteroatoms. The summed E-state index contributed by atoms with van der Waals surface area (Å²) in [5, 5.41) is 0. The van der Waals surface area contributed by atoms with E-state index in [1.165, 1.54) is 22.5 Å². The van der Waals surface area contributed by atoms with Crippen LogP contribution in [0.2, 0.25) is 0 Å². The van der Waals surface area contributed by atoms with Crippen LogP contribution in [0.1, 0.15) is 36.2 Å². The predicted octanol–water partition coefficient (Wildman–Crippen LogP) is 2.57. The van der Waals surface area contributed by atoms with Crippen LogP contribution in [0.25, 0.3) is 0 Å². The summed E-state index contributed by atoms with van der Waals surface area (Å²) in [5.74, 6) is -0.236. The predicted molar refractivity (Wildman–Crippen MR) is 118 cm³/mol. The molecule has 1 heterocycles. The third-order valence-electron chi connectivity index (χ3n) is 5.19. The molecular weight excluding hydrogens is 432 g/mol. The summed E-state index contributed by atoms with van der Waals surface area (Å²) in [6.45, 7) is 4.73. The van der Waals surface area contributed by atoms with Gasteiger partial charge < -0.3 is 15.2 Å². The molecule has 1 amide bonds. The van der Waals surface area contributed by atoms with Crippen molar-refractivity contribution in [3.8, 4) is 5.75 Å². The number of hydrogen-bond donors (Lipinski definition) is 1. The second-order valence-corrected chi connectivity index (χ2v) is 10.2. The maximum atomic E-state index is 13.1.